The summed E-state index contributed by atoms with van der Waals surface area (Å²) in [4.78, 5) is 23.1. The number of rotatable bonds is 3. The van der Waals surface area contributed by atoms with Crippen molar-refractivity contribution in [2.75, 3.05) is 11.1 Å². The van der Waals surface area contributed by atoms with Gasteiger partial charge in [-0.3, -0.25) is 4.79 Å². The molecule has 0 aliphatic carbocycles. The van der Waals surface area contributed by atoms with Crippen LogP contribution in [0.1, 0.15) is 20.7 Å². The van der Waals surface area contributed by atoms with E-state index in [2.05, 4.69) is 5.32 Å². The Morgan fingerprint density at radius 2 is 1.90 bits per heavy atom. The molecule has 2 rings (SSSR count). The minimum absolute atomic E-state index is 0.0116. The molecule has 0 unspecified atom stereocenters. The second-order valence-corrected chi connectivity index (χ2v) is 4.59. The number of carbonyl (C=O) groups is 2. The van der Waals surface area contributed by atoms with Crippen LogP contribution in [0.15, 0.2) is 36.4 Å². The van der Waals surface area contributed by atoms with E-state index < -0.39 is 17.7 Å². The number of amides is 1. The lowest BCUT2D eigenvalue weighted by atomic mass is 10.1. The second-order valence-electron chi connectivity index (χ2n) is 4.19. The molecule has 0 aliphatic rings. The van der Waals surface area contributed by atoms with Gasteiger partial charge in [0.05, 0.1) is 22.0 Å². The van der Waals surface area contributed by atoms with Gasteiger partial charge in [-0.25, -0.2) is 9.18 Å². The van der Waals surface area contributed by atoms with Crippen molar-refractivity contribution in [3.63, 3.8) is 0 Å². The van der Waals surface area contributed by atoms with Crippen molar-refractivity contribution in [1.82, 2.24) is 0 Å². The van der Waals surface area contributed by atoms with Gasteiger partial charge in [0.25, 0.3) is 5.91 Å². The van der Waals surface area contributed by atoms with Crippen LogP contribution in [-0.4, -0.2) is 17.0 Å². The first-order valence-corrected chi connectivity index (χ1v) is 6.15. The van der Waals surface area contributed by atoms with Crippen molar-refractivity contribution in [3.8, 4) is 0 Å². The van der Waals surface area contributed by atoms with E-state index in [0.717, 1.165) is 12.1 Å². The van der Waals surface area contributed by atoms with E-state index in [9.17, 15) is 14.0 Å². The fraction of sp³-hybridized carbons (Fsp3) is 0. The molecule has 0 heterocycles. The van der Waals surface area contributed by atoms with E-state index in [4.69, 9.17) is 22.4 Å². The zero-order valence-corrected chi connectivity index (χ0v) is 11.3. The molecular formula is C14H10ClFN2O3. The van der Waals surface area contributed by atoms with Gasteiger partial charge in [0.2, 0.25) is 0 Å². The average Bonchev–Trinajstić information content (AvgIpc) is 2.43. The molecule has 0 saturated carbocycles. The molecule has 7 heteroatoms. The van der Waals surface area contributed by atoms with Crippen LogP contribution < -0.4 is 11.1 Å². The Labute approximate surface area is 124 Å². The third-order valence-electron chi connectivity index (χ3n) is 2.72. The quantitative estimate of drug-likeness (QED) is 0.760. The topological polar surface area (TPSA) is 92.4 Å². The van der Waals surface area contributed by atoms with Crippen LogP contribution in [0.25, 0.3) is 0 Å². The Balaban J connectivity index is 2.31. The first-order valence-electron chi connectivity index (χ1n) is 5.77. The standard InChI is InChI=1S/C14H10ClFN2O3/c15-10-3-1-7(5-11(10)17)13(19)18-12-4-2-8(16)6-9(12)14(20)21/h1-6H,17H2,(H,18,19)(H,20,21). The van der Waals surface area contributed by atoms with E-state index in [1.807, 2.05) is 0 Å². The predicted molar refractivity (Wildman–Crippen MR) is 77.2 cm³/mol. The first-order chi connectivity index (χ1) is 9.88. The summed E-state index contributed by atoms with van der Waals surface area (Å²) in [6, 6.07) is 7.32. The van der Waals surface area contributed by atoms with Crippen molar-refractivity contribution < 1.29 is 19.1 Å². The molecule has 0 radical (unpaired) electrons. The number of carboxylic acids is 1. The summed E-state index contributed by atoms with van der Waals surface area (Å²) in [6.45, 7) is 0. The number of halogens is 2. The normalized spacial score (nSPS) is 10.2. The number of anilines is 2. The van der Waals surface area contributed by atoms with Crippen molar-refractivity contribution >= 4 is 34.9 Å². The van der Waals surface area contributed by atoms with E-state index in [-0.39, 0.29) is 22.5 Å². The van der Waals surface area contributed by atoms with E-state index in [1.54, 1.807) is 0 Å². The van der Waals surface area contributed by atoms with Crippen LogP contribution in [0.5, 0.6) is 0 Å². The zero-order chi connectivity index (χ0) is 15.6. The van der Waals surface area contributed by atoms with E-state index >= 15 is 0 Å². The van der Waals surface area contributed by atoms with Gasteiger partial charge < -0.3 is 16.2 Å². The molecule has 0 fully saturated rings. The van der Waals surface area contributed by atoms with E-state index in [0.29, 0.717) is 5.02 Å². The molecule has 108 valence electrons. The molecule has 1 amide bonds. The van der Waals surface area contributed by atoms with Crippen molar-refractivity contribution in [2.24, 2.45) is 0 Å². The number of benzene rings is 2. The summed E-state index contributed by atoms with van der Waals surface area (Å²) in [6.07, 6.45) is 0. The minimum Gasteiger partial charge on any atom is -0.478 e. The van der Waals surface area contributed by atoms with Crippen LogP contribution in [0.3, 0.4) is 0 Å². The summed E-state index contributed by atoms with van der Waals surface area (Å²) in [5.74, 6) is -2.63. The lowest BCUT2D eigenvalue weighted by Gasteiger charge is -2.09. The highest BCUT2D eigenvalue weighted by molar-refractivity contribution is 6.33. The molecule has 2 aromatic rings. The number of hydrogen-bond donors (Lipinski definition) is 3. The number of carboxylic acid groups (broad SMARTS) is 1. The zero-order valence-electron chi connectivity index (χ0n) is 10.6. The molecule has 2 aromatic carbocycles. The smallest absolute Gasteiger partial charge is 0.337 e. The van der Waals surface area contributed by atoms with Gasteiger partial charge in [0, 0.05) is 5.56 Å². The van der Waals surface area contributed by atoms with Gasteiger partial charge in [-0.2, -0.15) is 0 Å². The third-order valence-corrected chi connectivity index (χ3v) is 3.06. The summed E-state index contributed by atoms with van der Waals surface area (Å²) >= 11 is 5.75. The Bertz CT molecular complexity index is 734. The second kappa shape index (κ2) is 5.80. The lowest BCUT2D eigenvalue weighted by molar-refractivity contribution is 0.0697. The molecule has 5 nitrogen and oxygen atoms in total. The number of nitrogens with one attached hydrogen (secondary N) is 1. The monoisotopic (exact) mass is 308 g/mol. The number of hydrogen-bond acceptors (Lipinski definition) is 3. The molecule has 0 spiro atoms. The highest BCUT2D eigenvalue weighted by atomic mass is 35.5. The van der Waals surface area contributed by atoms with Crippen LogP contribution in [0, 0.1) is 5.82 Å². The van der Waals surface area contributed by atoms with Crippen LogP contribution in [0.4, 0.5) is 15.8 Å². The first kappa shape index (κ1) is 14.8. The van der Waals surface area contributed by atoms with Crippen LogP contribution >= 0.6 is 11.6 Å². The van der Waals surface area contributed by atoms with Gasteiger partial charge in [0.15, 0.2) is 0 Å². The summed E-state index contributed by atoms with van der Waals surface area (Å²) < 4.78 is 13.1. The molecule has 0 atom stereocenters. The fourth-order valence-electron chi connectivity index (χ4n) is 1.68. The Morgan fingerprint density at radius 3 is 2.52 bits per heavy atom. The van der Waals surface area contributed by atoms with Gasteiger partial charge in [-0.15, -0.1) is 0 Å². The summed E-state index contributed by atoms with van der Waals surface area (Å²) in [7, 11) is 0. The van der Waals surface area contributed by atoms with Crippen molar-refractivity contribution in [2.45, 2.75) is 0 Å². The van der Waals surface area contributed by atoms with Gasteiger partial charge >= 0.3 is 5.97 Å². The Kier molecular flexibility index (Phi) is 4.09. The van der Waals surface area contributed by atoms with Crippen molar-refractivity contribution in [1.29, 1.82) is 0 Å². The molecular weight excluding hydrogens is 299 g/mol. The highest BCUT2D eigenvalue weighted by Crippen LogP contribution is 2.22. The SMILES string of the molecule is Nc1cc(C(=O)Nc2ccc(F)cc2C(=O)O)ccc1Cl. The number of nitrogen functional groups attached to an aromatic ring is 1. The fourth-order valence-corrected chi connectivity index (χ4v) is 1.80. The van der Waals surface area contributed by atoms with Gasteiger partial charge in [-0.05, 0) is 36.4 Å². The molecule has 0 bridgehead atoms. The van der Waals surface area contributed by atoms with E-state index in [1.165, 1.54) is 24.3 Å². The Morgan fingerprint density at radius 1 is 1.19 bits per heavy atom. The number of aromatic carboxylic acids is 1. The summed E-state index contributed by atoms with van der Waals surface area (Å²) in [5.41, 5.74) is 5.67. The molecule has 0 aliphatic heterocycles. The molecule has 0 saturated heterocycles. The van der Waals surface area contributed by atoms with Gasteiger partial charge in [-0.1, -0.05) is 11.6 Å². The lowest BCUT2D eigenvalue weighted by Crippen LogP contribution is -2.15. The predicted octanol–water partition coefficient (Wildman–Crippen LogP) is 3.01. The van der Waals surface area contributed by atoms with Gasteiger partial charge in [0.1, 0.15) is 5.82 Å². The highest BCUT2D eigenvalue weighted by Gasteiger charge is 2.15. The summed E-state index contributed by atoms with van der Waals surface area (Å²) in [5, 5.41) is 11.7. The molecule has 4 N–H and O–H groups in total. The maximum atomic E-state index is 13.1. The third kappa shape index (κ3) is 3.29. The maximum Gasteiger partial charge on any atom is 0.337 e. The van der Waals surface area contributed by atoms with Crippen molar-refractivity contribution in [3.05, 3.63) is 58.4 Å². The van der Waals surface area contributed by atoms with Crippen LogP contribution in [0.2, 0.25) is 5.02 Å². The largest absolute Gasteiger partial charge is 0.478 e. The number of carbonyl (C=O) groups excluding carboxylic acids is 1. The molecule has 0 aromatic heterocycles. The Hall–Kier alpha value is -2.60. The van der Waals surface area contributed by atoms with Crippen LogP contribution in [-0.2, 0) is 0 Å². The minimum atomic E-state index is -1.35. The maximum absolute atomic E-state index is 13.1. The average molecular weight is 309 g/mol. The molecule has 21 heavy (non-hydrogen) atoms. The number of nitrogens with two attached hydrogens (primary N) is 1.